The van der Waals surface area contributed by atoms with E-state index in [9.17, 15) is 4.79 Å². The maximum Gasteiger partial charge on any atom is 0.374 e. The number of carboxylic acid groups (broad SMARTS) is 1. The Balaban J connectivity index is 2.01. The van der Waals surface area contributed by atoms with E-state index in [1.165, 1.54) is 6.07 Å². The minimum atomic E-state index is -1.15. The average molecular weight is 256 g/mol. The standard InChI is InChI=1S/C12H8N4O3/c17-12(18)11-7-10(14-19-11)8-2-1-3-9(6-8)16-5-4-13-15-16/h1-7H,(H,17,18). The van der Waals surface area contributed by atoms with Crippen molar-refractivity contribution in [1.82, 2.24) is 20.2 Å². The van der Waals surface area contributed by atoms with Gasteiger partial charge in [0.2, 0.25) is 5.76 Å². The minimum absolute atomic E-state index is 0.193. The summed E-state index contributed by atoms with van der Waals surface area (Å²) in [6.07, 6.45) is 3.29. The van der Waals surface area contributed by atoms with Crippen molar-refractivity contribution in [2.75, 3.05) is 0 Å². The molecule has 0 aliphatic carbocycles. The van der Waals surface area contributed by atoms with E-state index in [2.05, 4.69) is 15.5 Å². The van der Waals surface area contributed by atoms with Crippen molar-refractivity contribution in [2.24, 2.45) is 0 Å². The third kappa shape index (κ3) is 2.08. The summed E-state index contributed by atoms with van der Waals surface area (Å²) in [5, 5.41) is 20.1. The zero-order chi connectivity index (χ0) is 13.2. The summed E-state index contributed by atoms with van der Waals surface area (Å²) < 4.78 is 6.33. The lowest BCUT2D eigenvalue weighted by Gasteiger charge is -2.01. The van der Waals surface area contributed by atoms with Gasteiger partial charge in [0.15, 0.2) is 0 Å². The summed E-state index contributed by atoms with van der Waals surface area (Å²) in [7, 11) is 0. The first kappa shape index (κ1) is 11.1. The highest BCUT2D eigenvalue weighted by Gasteiger charge is 2.12. The van der Waals surface area contributed by atoms with Gasteiger partial charge in [0.05, 0.1) is 18.1 Å². The summed E-state index contributed by atoms with van der Waals surface area (Å²) in [5.74, 6) is -1.34. The van der Waals surface area contributed by atoms with Crippen molar-refractivity contribution in [2.45, 2.75) is 0 Å². The van der Waals surface area contributed by atoms with Gasteiger partial charge in [-0.2, -0.15) is 0 Å². The van der Waals surface area contributed by atoms with Gasteiger partial charge >= 0.3 is 5.97 Å². The molecule has 0 spiro atoms. The van der Waals surface area contributed by atoms with Crippen LogP contribution in [0.1, 0.15) is 10.6 Å². The first-order valence-corrected chi connectivity index (χ1v) is 5.41. The van der Waals surface area contributed by atoms with E-state index < -0.39 is 5.97 Å². The maximum absolute atomic E-state index is 10.7. The molecule has 94 valence electrons. The van der Waals surface area contributed by atoms with Crippen molar-refractivity contribution in [1.29, 1.82) is 0 Å². The number of aromatic nitrogens is 4. The number of benzene rings is 1. The summed E-state index contributed by atoms with van der Waals surface area (Å²) in [6.45, 7) is 0. The van der Waals surface area contributed by atoms with Gasteiger partial charge in [0.25, 0.3) is 0 Å². The van der Waals surface area contributed by atoms with Crippen molar-refractivity contribution in [3.05, 3.63) is 48.5 Å². The van der Waals surface area contributed by atoms with Crippen LogP contribution in [0.5, 0.6) is 0 Å². The molecule has 0 unspecified atom stereocenters. The first-order chi connectivity index (χ1) is 9.24. The number of rotatable bonds is 3. The number of carbonyl (C=O) groups is 1. The van der Waals surface area contributed by atoms with Crippen LogP contribution in [0.15, 0.2) is 47.2 Å². The van der Waals surface area contributed by atoms with E-state index in [0.29, 0.717) is 5.69 Å². The molecule has 0 bridgehead atoms. The predicted molar refractivity (Wildman–Crippen MR) is 63.8 cm³/mol. The second-order valence-corrected chi connectivity index (χ2v) is 3.78. The Kier molecular flexibility index (Phi) is 2.57. The van der Waals surface area contributed by atoms with Crippen molar-refractivity contribution in [3.63, 3.8) is 0 Å². The molecule has 3 aromatic rings. The Morgan fingerprint density at radius 3 is 2.89 bits per heavy atom. The second kappa shape index (κ2) is 4.37. The molecule has 0 radical (unpaired) electrons. The third-order valence-electron chi connectivity index (χ3n) is 2.55. The van der Waals surface area contributed by atoms with Gasteiger partial charge in [-0.1, -0.05) is 22.5 Å². The summed E-state index contributed by atoms with van der Waals surface area (Å²) in [6, 6.07) is 8.68. The van der Waals surface area contributed by atoms with Crippen LogP contribution in [0.2, 0.25) is 0 Å². The summed E-state index contributed by atoms with van der Waals surface area (Å²) >= 11 is 0. The normalized spacial score (nSPS) is 10.5. The molecule has 0 saturated carbocycles. The third-order valence-corrected chi connectivity index (χ3v) is 2.55. The van der Waals surface area contributed by atoms with E-state index in [1.807, 2.05) is 24.3 Å². The average Bonchev–Trinajstić information content (AvgIpc) is 3.10. The number of carboxylic acids is 1. The van der Waals surface area contributed by atoms with Gasteiger partial charge in [-0.15, -0.1) is 5.10 Å². The Bertz CT molecular complexity index is 718. The zero-order valence-electron chi connectivity index (χ0n) is 9.59. The van der Waals surface area contributed by atoms with Crippen LogP contribution < -0.4 is 0 Å². The molecular weight excluding hydrogens is 248 g/mol. The topological polar surface area (TPSA) is 94.0 Å². The summed E-state index contributed by atoms with van der Waals surface area (Å²) in [5.41, 5.74) is 2.00. The highest BCUT2D eigenvalue weighted by molar-refractivity contribution is 5.85. The molecule has 0 fully saturated rings. The van der Waals surface area contributed by atoms with Gasteiger partial charge in [-0.05, 0) is 12.1 Å². The molecule has 2 aromatic heterocycles. The predicted octanol–water partition coefficient (Wildman–Crippen LogP) is 1.62. The Hall–Kier alpha value is -2.96. The van der Waals surface area contributed by atoms with Crippen LogP contribution in [0.4, 0.5) is 0 Å². The van der Waals surface area contributed by atoms with E-state index in [0.717, 1.165) is 11.3 Å². The van der Waals surface area contributed by atoms with E-state index >= 15 is 0 Å². The minimum Gasteiger partial charge on any atom is -0.475 e. The van der Waals surface area contributed by atoms with E-state index in [-0.39, 0.29) is 5.76 Å². The largest absolute Gasteiger partial charge is 0.475 e. The van der Waals surface area contributed by atoms with Crippen LogP contribution in [-0.2, 0) is 0 Å². The number of nitrogens with zero attached hydrogens (tertiary/aromatic N) is 4. The van der Waals surface area contributed by atoms with Crippen LogP contribution in [0.3, 0.4) is 0 Å². The fraction of sp³-hybridized carbons (Fsp3) is 0. The fourth-order valence-electron chi connectivity index (χ4n) is 1.67. The van der Waals surface area contributed by atoms with E-state index in [1.54, 1.807) is 17.1 Å². The Morgan fingerprint density at radius 2 is 2.21 bits per heavy atom. The zero-order valence-corrected chi connectivity index (χ0v) is 9.59. The smallest absolute Gasteiger partial charge is 0.374 e. The molecule has 7 heteroatoms. The SMILES string of the molecule is O=C(O)c1cc(-c2cccc(-n3ccnn3)c2)no1. The Morgan fingerprint density at radius 1 is 1.32 bits per heavy atom. The number of hydrogen-bond donors (Lipinski definition) is 1. The quantitative estimate of drug-likeness (QED) is 0.765. The first-order valence-electron chi connectivity index (χ1n) is 5.41. The Labute approximate surface area is 107 Å². The van der Waals surface area contributed by atoms with Crippen LogP contribution in [0.25, 0.3) is 16.9 Å². The van der Waals surface area contributed by atoms with Gasteiger partial charge in [-0.3, -0.25) is 0 Å². The van der Waals surface area contributed by atoms with Crippen LogP contribution in [-0.4, -0.2) is 31.2 Å². The molecule has 1 N–H and O–H groups in total. The highest BCUT2D eigenvalue weighted by Crippen LogP contribution is 2.21. The molecule has 3 rings (SSSR count). The van der Waals surface area contributed by atoms with Crippen molar-refractivity contribution >= 4 is 5.97 Å². The van der Waals surface area contributed by atoms with Gasteiger partial charge in [0.1, 0.15) is 5.69 Å². The second-order valence-electron chi connectivity index (χ2n) is 3.78. The number of hydrogen-bond acceptors (Lipinski definition) is 5. The molecule has 0 aliphatic rings. The summed E-state index contributed by atoms with van der Waals surface area (Å²) in [4.78, 5) is 10.7. The molecule has 0 amide bonds. The molecule has 7 nitrogen and oxygen atoms in total. The fourth-order valence-corrected chi connectivity index (χ4v) is 1.67. The van der Waals surface area contributed by atoms with Gasteiger partial charge in [-0.25, -0.2) is 9.48 Å². The van der Waals surface area contributed by atoms with Gasteiger partial charge in [0, 0.05) is 11.6 Å². The van der Waals surface area contributed by atoms with Crippen molar-refractivity contribution < 1.29 is 14.4 Å². The lowest BCUT2D eigenvalue weighted by molar-refractivity contribution is 0.0652. The van der Waals surface area contributed by atoms with Crippen LogP contribution >= 0.6 is 0 Å². The monoisotopic (exact) mass is 256 g/mol. The molecule has 0 aliphatic heterocycles. The molecule has 0 saturated heterocycles. The molecular formula is C12H8N4O3. The number of aromatic carboxylic acids is 1. The lowest BCUT2D eigenvalue weighted by Crippen LogP contribution is -1.95. The molecule has 0 atom stereocenters. The van der Waals surface area contributed by atoms with Gasteiger partial charge < -0.3 is 9.63 Å². The van der Waals surface area contributed by atoms with Crippen molar-refractivity contribution in [3.8, 4) is 16.9 Å². The maximum atomic E-state index is 10.7. The molecule has 1 aromatic carbocycles. The molecule has 2 heterocycles. The van der Waals surface area contributed by atoms with E-state index in [4.69, 9.17) is 9.63 Å². The molecule has 19 heavy (non-hydrogen) atoms. The van der Waals surface area contributed by atoms with Crippen LogP contribution in [0, 0.1) is 0 Å². The lowest BCUT2D eigenvalue weighted by atomic mass is 10.1. The highest BCUT2D eigenvalue weighted by atomic mass is 16.5.